The van der Waals surface area contributed by atoms with Gasteiger partial charge >= 0.3 is 41.9 Å². The third kappa shape index (κ3) is 8.21. The molecule has 32 heavy (non-hydrogen) atoms. The molecule has 0 aliphatic heterocycles. The maximum atomic E-state index is 3.36. The topological polar surface area (TPSA) is 0 Å². The normalized spacial score (nSPS) is 14.3. The van der Waals surface area contributed by atoms with E-state index < -0.39 is 0 Å². The maximum absolute atomic E-state index is 3.36. The van der Waals surface area contributed by atoms with Gasteiger partial charge in [0.1, 0.15) is 0 Å². The smallest absolute Gasteiger partial charge is 0.0279 e. The summed E-state index contributed by atoms with van der Waals surface area (Å²) in [6, 6.07) is 19.4. The summed E-state index contributed by atoms with van der Waals surface area (Å²) >= 11 is 1.74. The molecule has 0 radical (unpaired) electrons. The number of benzene rings is 2. The van der Waals surface area contributed by atoms with Crippen molar-refractivity contribution in [1.29, 1.82) is 0 Å². The van der Waals surface area contributed by atoms with E-state index in [9.17, 15) is 0 Å². The van der Waals surface area contributed by atoms with E-state index in [1.807, 2.05) is 0 Å². The second-order valence-electron chi connectivity index (χ2n) is 8.39. The third-order valence-electron chi connectivity index (χ3n) is 5.76. The van der Waals surface area contributed by atoms with Crippen LogP contribution < -0.4 is 24.8 Å². The summed E-state index contributed by atoms with van der Waals surface area (Å²) in [7, 11) is 0. The fourth-order valence-corrected chi connectivity index (χ4v) is 3.67. The summed E-state index contributed by atoms with van der Waals surface area (Å²) in [5.41, 5.74) is 9.88. The molecule has 1 aliphatic rings. The van der Waals surface area contributed by atoms with Crippen molar-refractivity contribution < 1.29 is 48.1 Å². The first-order chi connectivity index (χ1) is 14.1. The Morgan fingerprint density at radius 3 is 1.88 bits per heavy atom. The molecule has 1 unspecified atom stereocenters. The van der Waals surface area contributed by atoms with Crippen molar-refractivity contribution in [3.8, 4) is 11.1 Å². The standard InChI is InChI=1S/C17H15.C9H13.C2H6Si.2ClH.Zr/c1-12-11-15-9-6-10-16(17(15)13(12)2)14-7-4-3-5-8-14;1-6-5-7(2)9(4)8(6)3;1-3-2;;;/h3-11H,1-2H3;6H,1-4H3;1-2H3;2*1H;/q2*-1;;;;+2/p-2. The Hall–Kier alpha value is -0.790. The van der Waals surface area contributed by atoms with Gasteiger partial charge in [0.25, 0.3) is 0 Å². The van der Waals surface area contributed by atoms with Crippen LogP contribution in [0.1, 0.15) is 38.8 Å². The number of hydrogen-bond donors (Lipinski definition) is 0. The van der Waals surface area contributed by atoms with E-state index in [2.05, 4.69) is 115 Å². The minimum Gasteiger partial charge on any atom is -1.00 e. The van der Waals surface area contributed by atoms with Crippen molar-refractivity contribution in [1.82, 2.24) is 0 Å². The minimum atomic E-state index is 0. The molecule has 3 aromatic rings. The average molecular weight is 561 g/mol. The van der Waals surface area contributed by atoms with E-state index in [4.69, 9.17) is 0 Å². The van der Waals surface area contributed by atoms with Crippen LogP contribution in [-0.4, -0.2) is 5.43 Å². The Bertz CT molecular complexity index is 1090. The van der Waals surface area contributed by atoms with Gasteiger partial charge in [-0.2, -0.15) is 16.7 Å². The van der Waals surface area contributed by atoms with E-state index in [0.717, 1.165) is 0 Å². The molecule has 0 nitrogen and oxygen atoms in total. The summed E-state index contributed by atoms with van der Waals surface area (Å²) in [6.07, 6.45) is 3.36. The summed E-state index contributed by atoms with van der Waals surface area (Å²) < 4.78 is 0. The largest absolute Gasteiger partial charge is 1.00 e. The number of aryl methyl sites for hydroxylation is 2. The zero-order chi connectivity index (χ0) is 22.4. The van der Waals surface area contributed by atoms with Crippen molar-refractivity contribution in [2.75, 3.05) is 0 Å². The predicted octanol–water partition coefficient (Wildman–Crippen LogP) is 2.36. The molecule has 0 bridgehead atoms. The van der Waals surface area contributed by atoms with Crippen molar-refractivity contribution in [3.63, 3.8) is 0 Å². The van der Waals surface area contributed by atoms with Gasteiger partial charge in [-0.15, -0.1) is 41.5 Å². The van der Waals surface area contributed by atoms with Crippen LogP contribution in [-0.2, 0) is 23.3 Å². The molecule has 3 aromatic carbocycles. The average Bonchev–Trinajstić information content (AvgIpc) is 3.12. The van der Waals surface area contributed by atoms with E-state index >= 15 is 0 Å². The molecule has 0 amide bonds. The van der Waals surface area contributed by atoms with Crippen molar-refractivity contribution in [2.45, 2.75) is 54.6 Å². The second kappa shape index (κ2) is 14.5. The van der Waals surface area contributed by atoms with Crippen LogP contribution in [0.25, 0.3) is 21.9 Å². The van der Waals surface area contributed by atoms with Crippen LogP contribution in [0.3, 0.4) is 0 Å². The molecule has 0 spiro atoms. The first-order valence-corrected chi connectivity index (χ1v) is 16.8. The summed E-state index contributed by atoms with van der Waals surface area (Å²) in [4.78, 5) is 0. The minimum absolute atomic E-state index is 0. The monoisotopic (exact) mass is 558 g/mol. The Balaban J connectivity index is 0.000000547. The molecule has 0 N–H and O–H groups in total. The van der Waals surface area contributed by atoms with E-state index in [-0.39, 0.29) is 30.2 Å². The van der Waals surface area contributed by atoms with Crippen LogP contribution in [0.4, 0.5) is 0 Å². The fraction of sp³-hybridized carbons (Fsp3) is 0.321. The predicted molar refractivity (Wildman–Crippen MR) is 132 cm³/mol. The van der Waals surface area contributed by atoms with Crippen molar-refractivity contribution in [3.05, 3.63) is 88.5 Å². The zero-order valence-corrected chi connectivity index (χ0v) is 25.5. The SMILES string of the molecule is CC1=[C-]C(C)C(C)=C1C.C[Si](C)=[Zr+2].Cc1[cH-]c2cccc(-c3ccccc3)c2c1C.[Cl-].[Cl-]. The van der Waals surface area contributed by atoms with E-state index in [0.29, 0.717) is 5.92 Å². The van der Waals surface area contributed by atoms with Crippen LogP contribution in [0.2, 0.25) is 13.1 Å². The number of halogens is 2. The fourth-order valence-electron chi connectivity index (χ4n) is 3.67. The Morgan fingerprint density at radius 2 is 1.44 bits per heavy atom. The van der Waals surface area contributed by atoms with Crippen LogP contribution in [0, 0.1) is 25.8 Å². The third-order valence-corrected chi connectivity index (χ3v) is 5.76. The molecule has 170 valence electrons. The Morgan fingerprint density at radius 1 is 0.875 bits per heavy atom. The molecule has 0 saturated carbocycles. The molecule has 1 atom stereocenters. The molecule has 1 aliphatic carbocycles. The number of allylic oxidation sites excluding steroid dienone is 4. The molecule has 0 fully saturated rings. The number of fused-ring (bicyclic) bond motifs is 1. The molecule has 0 heterocycles. The maximum Gasteiger partial charge on any atom is -0.0279 e. The molecular formula is C28H34Cl2SiZr-2. The van der Waals surface area contributed by atoms with Gasteiger partial charge in [-0.25, -0.2) is 5.57 Å². The van der Waals surface area contributed by atoms with E-state index in [1.54, 1.807) is 23.3 Å². The molecular weight excluding hydrogens is 527 g/mol. The van der Waals surface area contributed by atoms with Gasteiger partial charge in [0.15, 0.2) is 0 Å². The van der Waals surface area contributed by atoms with Gasteiger partial charge in [0, 0.05) is 0 Å². The second-order valence-corrected chi connectivity index (χ2v) is 17.8. The van der Waals surface area contributed by atoms with E-state index in [1.165, 1.54) is 49.7 Å². The quantitative estimate of drug-likeness (QED) is 0.317. The summed E-state index contributed by atoms with van der Waals surface area (Å²) in [6.45, 7) is 17.7. The van der Waals surface area contributed by atoms with Gasteiger partial charge in [0.05, 0.1) is 0 Å². The molecule has 4 heteroatoms. The van der Waals surface area contributed by atoms with Crippen LogP contribution >= 0.6 is 0 Å². The van der Waals surface area contributed by atoms with Gasteiger partial charge < -0.3 is 24.8 Å². The molecule has 0 saturated heterocycles. The van der Waals surface area contributed by atoms with Gasteiger partial charge in [-0.1, -0.05) is 82.5 Å². The van der Waals surface area contributed by atoms with Crippen LogP contribution in [0.5, 0.6) is 0 Å². The molecule has 4 rings (SSSR count). The van der Waals surface area contributed by atoms with Crippen LogP contribution in [0.15, 0.2) is 71.3 Å². The summed E-state index contributed by atoms with van der Waals surface area (Å²) in [5.74, 6) is 0.560. The Kier molecular flexibility index (Phi) is 14.1. The molecule has 0 aromatic heterocycles. The van der Waals surface area contributed by atoms with Gasteiger partial charge in [-0.05, 0) is 5.56 Å². The first-order valence-electron chi connectivity index (χ1n) is 10.6. The van der Waals surface area contributed by atoms with Crippen molar-refractivity contribution in [2.24, 2.45) is 5.92 Å². The Labute approximate surface area is 223 Å². The van der Waals surface area contributed by atoms with Gasteiger partial charge in [-0.3, -0.25) is 6.08 Å². The first kappa shape index (κ1) is 31.2. The van der Waals surface area contributed by atoms with Gasteiger partial charge in [0.2, 0.25) is 0 Å². The van der Waals surface area contributed by atoms with Crippen molar-refractivity contribution >= 4 is 16.2 Å². The number of rotatable bonds is 1. The summed E-state index contributed by atoms with van der Waals surface area (Å²) in [5, 5.41) is 2.75. The zero-order valence-electron chi connectivity index (χ0n) is 20.5. The number of hydrogen-bond acceptors (Lipinski definition) is 0.